The zero-order valence-electron chi connectivity index (χ0n) is 14.0. The van der Waals surface area contributed by atoms with E-state index in [1.165, 1.54) is 10.6 Å². The van der Waals surface area contributed by atoms with E-state index in [0.29, 0.717) is 19.0 Å². The molecule has 3 heterocycles. The van der Waals surface area contributed by atoms with Crippen molar-refractivity contribution in [2.24, 2.45) is 0 Å². The van der Waals surface area contributed by atoms with Crippen LogP contribution in [0.25, 0.3) is 11.0 Å². The van der Waals surface area contributed by atoms with Gasteiger partial charge in [-0.05, 0) is 24.0 Å². The van der Waals surface area contributed by atoms with Gasteiger partial charge in [0.1, 0.15) is 12.3 Å². The number of sulfonamides is 1. The molecule has 1 fully saturated rings. The fourth-order valence-electron chi connectivity index (χ4n) is 2.81. The normalized spacial score (nSPS) is 19.7. The molecule has 0 bridgehead atoms. The first kappa shape index (κ1) is 16.3. The van der Waals surface area contributed by atoms with Gasteiger partial charge in [-0.3, -0.25) is 0 Å². The minimum absolute atomic E-state index is 0.0982. The number of ether oxygens (including phenoxy) is 1. The number of hydrogen-bond donors (Lipinski definition) is 1. The lowest BCUT2D eigenvalue weighted by atomic mass is 9.87. The SMILES string of the molecule is CC(C)(C)c1cc2cc[nH]c2nc1OCC1CCN1S(C)(=O)=O. The number of nitrogens with one attached hydrogen (secondary N) is 1. The van der Waals surface area contributed by atoms with E-state index >= 15 is 0 Å². The highest BCUT2D eigenvalue weighted by Crippen LogP contribution is 2.33. The maximum Gasteiger partial charge on any atom is 0.219 e. The largest absolute Gasteiger partial charge is 0.476 e. The van der Waals surface area contributed by atoms with E-state index in [2.05, 4.69) is 36.8 Å². The van der Waals surface area contributed by atoms with E-state index < -0.39 is 10.0 Å². The van der Waals surface area contributed by atoms with Crippen LogP contribution in [0.1, 0.15) is 32.8 Å². The van der Waals surface area contributed by atoms with E-state index in [4.69, 9.17) is 4.74 Å². The van der Waals surface area contributed by atoms with Gasteiger partial charge in [0, 0.05) is 23.7 Å². The zero-order valence-corrected chi connectivity index (χ0v) is 14.8. The molecule has 3 rings (SSSR count). The molecule has 1 unspecified atom stereocenters. The molecule has 7 heteroatoms. The maximum absolute atomic E-state index is 11.7. The maximum atomic E-state index is 11.7. The molecular weight excluding hydrogens is 314 g/mol. The third-order valence-corrected chi connectivity index (χ3v) is 5.57. The van der Waals surface area contributed by atoms with E-state index in [0.717, 1.165) is 23.0 Å². The van der Waals surface area contributed by atoms with Crippen LogP contribution >= 0.6 is 0 Å². The van der Waals surface area contributed by atoms with E-state index in [1.54, 1.807) is 0 Å². The number of H-pyrrole nitrogens is 1. The van der Waals surface area contributed by atoms with E-state index in [1.807, 2.05) is 12.3 Å². The molecule has 1 aliphatic heterocycles. The third kappa shape index (κ3) is 3.21. The second kappa shape index (κ2) is 5.49. The van der Waals surface area contributed by atoms with Crippen LogP contribution in [0, 0.1) is 0 Å². The van der Waals surface area contributed by atoms with E-state index in [9.17, 15) is 8.42 Å². The van der Waals surface area contributed by atoms with Crippen molar-refractivity contribution in [3.05, 3.63) is 23.9 Å². The number of aromatic amines is 1. The lowest BCUT2D eigenvalue weighted by Crippen LogP contribution is -2.53. The molecule has 6 nitrogen and oxygen atoms in total. The van der Waals surface area contributed by atoms with Gasteiger partial charge in [-0.1, -0.05) is 20.8 Å². The number of rotatable bonds is 4. The van der Waals surface area contributed by atoms with Crippen molar-refractivity contribution < 1.29 is 13.2 Å². The van der Waals surface area contributed by atoms with Crippen molar-refractivity contribution in [2.75, 3.05) is 19.4 Å². The molecule has 2 aromatic rings. The Morgan fingerprint density at radius 1 is 1.43 bits per heavy atom. The molecule has 0 aliphatic carbocycles. The van der Waals surface area contributed by atoms with Gasteiger partial charge in [0.25, 0.3) is 0 Å². The smallest absolute Gasteiger partial charge is 0.219 e. The quantitative estimate of drug-likeness (QED) is 0.929. The molecule has 0 aromatic carbocycles. The van der Waals surface area contributed by atoms with Gasteiger partial charge in [-0.25, -0.2) is 8.42 Å². The van der Waals surface area contributed by atoms with Crippen LogP contribution in [0.15, 0.2) is 18.3 Å². The van der Waals surface area contributed by atoms with Crippen molar-refractivity contribution in [1.82, 2.24) is 14.3 Å². The Morgan fingerprint density at radius 2 is 2.17 bits per heavy atom. The van der Waals surface area contributed by atoms with Crippen LogP contribution in [-0.4, -0.2) is 48.1 Å². The summed E-state index contributed by atoms with van der Waals surface area (Å²) in [5.41, 5.74) is 1.70. The summed E-state index contributed by atoms with van der Waals surface area (Å²) in [5, 5.41) is 1.05. The van der Waals surface area contributed by atoms with Crippen LogP contribution in [-0.2, 0) is 15.4 Å². The Morgan fingerprint density at radius 3 is 2.74 bits per heavy atom. The zero-order chi connectivity index (χ0) is 16.8. The Kier molecular flexibility index (Phi) is 3.88. The summed E-state index contributed by atoms with van der Waals surface area (Å²) in [6.07, 6.45) is 3.91. The van der Waals surface area contributed by atoms with Gasteiger partial charge in [-0.2, -0.15) is 9.29 Å². The van der Waals surface area contributed by atoms with Crippen LogP contribution in [0.2, 0.25) is 0 Å². The molecular formula is C16H23N3O3S. The number of hydrogen-bond acceptors (Lipinski definition) is 4. The topological polar surface area (TPSA) is 75.3 Å². The molecule has 1 N–H and O–H groups in total. The predicted molar refractivity (Wildman–Crippen MR) is 90.2 cm³/mol. The molecule has 2 aromatic heterocycles. The fraction of sp³-hybridized carbons (Fsp3) is 0.562. The predicted octanol–water partition coefficient (Wildman–Crippen LogP) is 2.27. The summed E-state index contributed by atoms with van der Waals surface area (Å²) in [4.78, 5) is 7.66. The van der Waals surface area contributed by atoms with Crippen molar-refractivity contribution in [1.29, 1.82) is 0 Å². The summed E-state index contributed by atoms with van der Waals surface area (Å²) in [6.45, 7) is 7.24. The monoisotopic (exact) mass is 337 g/mol. The number of aromatic nitrogens is 2. The lowest BCUT2D eigenvalue weighted by molar-refractivity contribution is 0.125. The number of fused-ring (bicyclic) bond motifs is 1. The Balaban J connectivity index is 1.84. The van der Waals surface area contributed by atoms with Gasteiger partial charge in [0.15, 0.2) is 0 Å². The summed E-state index contributed by atoms with van der Waals surface area (Å²) >= 11 is 0. The molecule has 23 heavy (non-hydrogen) atoms. The molecule has 0 saturated carbocycles. The first-order valence-corrected chi connectivity index (χ1v) is 9.59. The van der Waals surface area contributed by atoms with Crippen LogP contribution in [0.4, 0.5) is 0 Å². The van der Waals surface area contributed by atoms with Crippen molar-refractivity contribution in [3.8, 4) is 5.88 Å². The average Bonchev–Trinajstić information content (AvgIpc) is 2.80. The van der Waals surface area contributed by atoms with Gasteiger partial charge in [0.05, 0.1) is 12.3 Å². The highest BCUT2D eigenvalue weighted by atomic mass is 32.2. The highest BCUT2D eigenvalue weighted by molar-refractivity contribution is 7.88. The Bertz CT molecular complexity index is 821. The first-order chi connectivity index (χ1) is 10.7. The summed E-state index contributed by atoms with van der Waals surface area (Å²) in [7, 11) is -3.16. The fourth-order valence-corrected chi connectivity index (χ4v) is 3.95. The van der Waals surface area contributed by atoms with Gasteiger partial charge in [0.2, 0.25) is 15.9 Å². The van der Waals surface area contributed by atoms with E-state index in [-0.39, 0.29) is 11.5 Å². The average molecular weight is 337 g/mol. The minimum Gasteiger partial charge on any atom is -0.476 e. The van der Waals surface area contributed by atoms with Gasteiger partial charge >= 0.3 is 0 Å². The standard InChI is InChI=1S/C16H23N3O3S/c1-16(2,3)13-9-11-5-7-17-14(11)18-15(13)22-10-12-6-8-19(12)23(4,20)21/h5,7,9,12H,6,8,10H2,1-4H3,(H,17,18). The third-order valence-electron chi connectivity index (χ3n) is 4.24. The molecule has 1 saturated heterocycles. The second-order valence-electron chi connectivity index (χ2n) is 7.13. The highest BCUT2D eigenvalue weighted by Gasteiger charge is 2.35. The molecule has 0 amide bonds. The second-order valence-corrected chi connectivity index (χ2v) is 9.07. The molecule has 126 valence electrons. The number of pyridine rings is 1. The molecule has 1 atom stereocenters. The lowest BCUT2D eigenvalue weighted by Gasteiger charge is -2.38. The van der Waals surface area contributed by atoms with Crippen molar-refractivity contribution >= 4 is 21.1 Å². The minimum atomic E-state index is -3.16. The summed E-state index contributed by atoms with van der Waals surface area (Å²) in [6, 6.07) is 3.97. The van der Waals surface area contributed by atoms with Crippen LogP contribution in [0.5, 0.6) is 5.88 Å². The number of nitrogens with zero attached hydrogens (tertiary/aromatic N) is 2. The molecule has 0 radical (unpaired) electrons. The first-order valence-electron chi connectivity index (χ1n) is 7.74. The van der Waals surface area contributed by atoms with Gasteiger partial charge < -0.3 is 9.72 Å². The Labute approximate surface area is 136 Å². The molecule has 1 aliphatic rings. The summed E-state index contributed by atoms with van der Waals surface area (Å²) in [5.74, 6) is 0.577. The summed E-state index contributed by atoms with van der Waals surface area (Å²) < 4.78 is 30.7. The van der Waals surface area contributed by atoms with Gasteiger partial charge in [-0.15, -0.1) is 0 Å². The van der Waals surface area contributed by atoms with Crippen molar-refractivity contribution in [3.63, 3.8) is 0 Å². The van der Waals surface area contributed by atoms with Crippen LogP contribution in [0.3, 0.4) is 0 Å². The van der Waals surface area contributed by atoms with Crippen molar-refractivity contribution in [2.45, 2.75) is 38.6 Å². The Hall–Kier alpha value is -1.60. The molecule has 0 spiro atoms. The van der Waals surface area contributed by atoms with Crippen LogP contribution < -0.4 is 4.74 Å².